The SMILES string of the molecule is COc1ccc(C(OC[C@H]2O[C@@H](n3ccc(NC(=O)C(C)C)nc3=O)[C@H](OC)[C@@H]2O)(c2ccccc2)c2ccc(OC)cc2)cc1. The summed E-state index contributed by atoms with van der Waals surface area (Å²) in [6, 6.07) is 26.5. The minimum Gasteiger partial charge on any atom is -0.497 e. The number of carbonyl (C=O) groups excluding carboxylic acids is 1. The van der Waals surface area contributed by atoms with Crippen molar-refractivity contribution in [2.75, 3.05) is 33.3 Å². The Labute approximate surface area is 267 Å². The Bertz CT molecular complexity index is 1610. The van der Waals surface area contributed by atoms with Crippen LogP contribution in [0.4, 0.5) is 5.82 Å². The summed E-state index contributed by atoms with van der Waals surface area (Å²) in [5.74, 6) is 0.956. The first-order chi connectivity index (χ1) is 22.2. The molecule has 2 heterocycles. The lowest BCUT2D eigenvalue weighted by Gasteiger charge is -2.37. The summed E-state index contributed by atoms with van der Waals surface area (Å²) < 4.78 is 30.9. The van der Waals surface area contributed by atoms with Crippen molar-refractivity contribution in [3.63, 3.8) is 0 Å². The van der Waals surface area contributed by atoms with Gasteiger partial charge in [-0.25, -0.2) is 4.79 Å². The quantitative estimate of drug-likeness (QED) is 0.222. The first-order valence-corrected chi connectivity index (χ1v) is 15.0. The van der Waals surface area contributed by atoms with Gasteiger partial charge in [-0.1, -0.05) is 68.4 Å². The Balaban J connectivity index is 1.50. The third-order valence-corrected chi connectivity index (χ3v) is 8.10. The molecule has 11 nitrogen and oxygen atoms in total. The molecule has 1 aliphatic rings. The van der Waals surface area contributed by atoms with Crippen molar-refractivity contribution in [1.29, 1.82) is 0 Å². The van der Waals surface area contributed by atoms with Gasteiger partial charge in [0.1, 0.15) is 41.2 Å². The number of aliphatic hydroxyl groups excluding tert-OH is 1. The minimum absolute atomic E-state index is 0.0742. The average molecular weight is 630 g/mol. The summed E-state index contributed by atoms with van der Waals surface area (Å²) in [4.78, 5) is 29.2. The smallest absolute Gasteiger partial charge is 0.351 e. The number of methoxy groups -OCH3 is 3. The van der Waals surface area contributed by atoms with Crippen molar-refractivity contribution in [3.8, 4) is 11.5 Å². The number of nitrogens with one attached hydrogen (secondary N) is 1. The second-order valence-electron chi connectivity index (χ2n) is 11.2. The number of carbonyl (C=O) groups is 1. The predicted molar refractivity (Wildman–Crippen MR) is 171 cm³/mol. The van der Waals surface area contributed by atoms with Gasteiger partial charge in [-0.15, -0.1) is 0 Å². The van der Waals surface area contributed by atoms with Crippen molar-refractivity contribution in [2.45, 2.75) is 44.0 Å². The molecule has 1 saturated heterocycles. The van der Waals surface area contributed by atoms with Crippen LogP contribution in [0.2, 0.25) is 0 Å². The maximum atomic E-state index is 13.1. The van der Waals surface area contributed by atoms with Gasteiger partial charge in [0, 0.05) is 19.2 Å². The fraction of sp³-hybridized carbons (Fsp3) is 0.343. The molecule has 0 aliphatic carbocycles. The van der Waals surface area contributed by atoms with Crippen LogP contribution in [0.3, 0.4) is 0 Å². The van der Waals surface area contributed by atoms with Crippen LogP contribution in [0.15, 0.2) is 95.9 Å². The van der Waals surface area contributed by atoms with Crippen molar-refractivity contribution in [1.82, 2.24) is 9.55 Å². The molecule has 46 heavy (non-hydrogen) atoms. The normalized spacial score (nSPS) is 19.6. The second kappa shape index (κ2) is 14.3. The first-order valence-electron chi connectivity index (χ1n) is 15.0. The molecule has 3 aromatic carbocycles. The van der Waals surface area contributed by atoms with Crippen LogP contribution < -0.4 is 20.5 Å². The number of nitrogens with zero attached hydrogens (tertiary/aromatic N) is 2. The molecular weight excluding hydrogens is 590 g/mol. The zero-order valence-electron chi connectivity index (χ0n) is 26.5. The van der Waals surface area contributed by atoms with E-state index in [-0.39, 0.29) is 24.2 Å². The molecule has 1 aromatic heterocycles. The molecule has 11 heteroatoms. The van der Waals surface area contributed by atoms with Crippen LogP contribution >= 0.6 is 0 Å². The summed E-state index contributed by atoms with van der Waals surface area (Å²) in [6.45, 7) is 3.41. The number of hydrogen-bond acceptors (Lipinski definition) is 9. The number of ether oxygens (including phenoxy) is 5. The Morgan fingerprint density at radius 2 is 1.48 bits per heavy atom. The van der Waals surface area contributed by atoms with E-state index in [2.05, 4.69) is 10.3 Å². The van der Waals surface area contributed by atoms with Crippen molar-refractivity contribution in [2.24, 2.45) is 5.92 Å². The molecule has 0 spiro atoms. The summed E-state index contributed by atoms with van der Waals surface area (Å²) >= 11 is 0. The van der Waals surface area contributed by atoms with Gasteiger partial charge in [0.2, 0.25) is 5.91 Å². The van der Waals surface area contributed by atoms with Crippen molar-refractivity contribution < 1.29 is 33.6 Å². The van der Waals surface area contributed by atoms with Gasteiger partial charge in [-0.2, -0.15) is 4.98 Å². The van der Waals surface area contributed by atoms with E-state index in [1.807, 2.05) is 78.9 Å². The number of rotatable bonds is 12. The van der Waals surface area contributed by atoms with E-state index in [9.17, 15) is 14.7 Å². The monoisotopic (exact) mass is 629 g/mol. The maximum absolute atomic E-state index is 13.1. The summed E-state index contributed by atoms with van der Waals surface area (Å²) in [5, 5.41) is 14.0. The predicted octanol–water partition coefficient (Wildman–Crippen LogP) is 4.14. The van der Waals surface area contributed by atoms with Crippen LogP contribution in [0.25, 0.3) is 0 Å². The standard InChI is InChI=1S/C35H39N3O8/c1-22(2)32(40)36-29-19-20-38(34(41)37-29)33-31(44-5)30(39)28(46-33)21-45-35(23-9-7-6-8-10-23,24-11-15-26(42-3)16-12-24)25-13-17-27(43-4)18-14-25/h6-20,22,28,30-31,33,39H,21H2,1-5H3,(H,36,37,40,41)/t28-,30-,31-,33-/m1/s1. The third kappa shape index (κ3) is 6.54. The fourth-order valence-corrected chi connectivity index (χ4v) is 5.56. The lowest BCUT2D eigenvalue weighted by atomic mass is 9.80. The molecule has 2 N–H and O–H groups in total. The molecule has 1 amide bonds. The number of amides is 1. The van der Waals surface area contributed by atoms with E-state index in [0.717, 1.165) is 16.7 Å². The van der Waals surface area contributed by atoms with Crippen molar-refractivity contribution >= 4 is 11.7 Å². The van der Waals surface area contributed by atoms with Crippen LogP contribution in [0.5, 0.6) is 11.5 Å². The van der Waals surface area contributed by atoms with Gasteiger partial charge in [-0.05, 0) is 47.0 Å². The zero-order valence-corrected chi connectivity index (χ0v) is 26.5. The summed E-state index contributed by atoms with van der Waals surface area (Å²) in [6.07, 6.45) is -2.49. The third-order valence-electron chi connectivity index (χ3n) is 8.10. The fourth-order valence-electron chi connectivity index (χ4n) is 5.56. The van der Waals surface area contributed by atoms with Crippen LogP contribution in [-0.2, 0) is 24.6 Å². The highest BCUT2D eigenvalue weighted by Gasteiger charge is 2.47. The molecule has 0 saturated carbocycles. The molecule has 0 bridgehead atoms. The molecular formula is C35H39N3O8. The highest BCUT2D eigenvalue weighted by Crippen LogP contribution is 2.43. The van der Waals surface area contributed by atoms with Gasteiger partial charge in [0.15, 0.2) is 6.23 Å². The molecule has 5 rings (SSSR count). The van der Waals surface area contributed by atoms with E-state index in [1.165, 1.54) is 23.9 Å². The van der Waals surface area contributed by atoms with Gasteiger partial charge in [0.25, 0.3) is 0 Å². The number of anilines is 1. The van der Waals surface area contributed by atoms with E-state index < -0.39 is 35.8 Å². The number of hydrogen-bond donors (Lipinski definition) is 2. The van der Waals surface area contributed by atoms with E-state index in [4.69, 9.17) is 23.7 Å². The molecule has 0 unspecified atom stereocenters. The second-order valence-corrected chi connectivity index (χ2v) is 11.2. The summed E-state index contributed by atoms with van der Waals surface area (Å²) in [7, 11) is 4.65. The number of aromatic nitrogens is 2. The average Bonchev–Trinajstić information content (AvgIpc) is 3.40. The molecule has 1 aliphatic heterocycles. The minimum atomic E-state index is -1.15. The van der Waals surface area contributed by atoms with Crippen LogP contribution in [-0.4, -0.2) is 66.8 Å². The molecule has 4 atom stereocenters. The van der Waals surface area contributed by atoms with Gasteiger partial charge in [0.05, 0.1) is 20.8 Å². The molecule has 1 fully saturated rings. The van der Waals surface area contributed by atoms with E-state index >= 15 is 0 Å². The zero-order chi connectivity index (χ0) is 32.8. The van der Waals surface area contributed by atoms with Crippen LogP contribution in [0.1, 0.15) is 36.8 Å². The van der Waals surface area contributed by atoms with Crippen molar-refractivity contribution in [3.05, 3.63) is 118 Å². The Hall–Kier alpha value is -4.55. The molecule has 4 aromatic rings. The maximum Gasteiger partial charge on any atom is 0.351 e. The number of aliphatic hydroxyl groups is 1. The Morgan fingerprint density at radius 1 is 0.913 bits per heavy atom. The molecule has 242 valence electrons. The van der Waals surface area contributed by atoms with Gasteiger partial charge in [-0.3, -0.25) is 9.36 Å². The topological polar surface area (TPSA) is 130 Å². The highest BCUT2D eigenvalue weighted by molar-refractivity contribution is 5.91. The van der Waals surface area contributed by atoms with Crippen LogP contribution in [0, 0.1) is 5.92 Å². The highest BCUT2D eigenvalue weighted by atomic mass is 16.6. The largest absolute Gasteiger partial charge is 0.497 e. The lowest BCUT2D eigenvalue weighted by molar-refractivity contribution is -0.118. The molecule has 0 radical (unpaired) electrons. The van der Waals surface area contributed by atoms with E-state index in [0.29, 0.717) is 11.5 Å². The van der Waals surface area contributed by atoms with Gasteiger partial charge < -0.3 is 34.1 Å². The Kier molecular flexibility index (Phi) is 10.2. The van der Waals surface area contributed by atoms with E-state index in [1.54, 1.807) is 28.1 Å². The summed E-state index contributed by atoms with van der Waals surface area (Å²) in [5.41, 5.74) is 0.667. The lowest BCUT2D eigenvalue weighted by Crippen LogP contribution is -2.40. The Morgan fingerprint density at radius 3 is 1.98 bits per heavy atom. The number of benzene rings is 3. The first kappa shape index (κ1) is 32.8. The van der Waals surface area contributed by atoms with Gasteiger partial charge >= 0.3 is 5.69 Å².